The average Bonchev–Trinajstić information content (AvgIpc) is 3.00. The summed E-state index contributed by atoms with van der Waals surface area (Å²) in [7, 11) is 0. The molecule has 0 saturated heterocycles. The van der Waals surface area contributed by atoms with Crippen LogP contribution in [-0.4, -0.2) is 13.4 Å². The van der Waals surface area contributed by atoms with E-state index in [-0.39, 0.29) is 6.79 Å². The highest BCUT2D eigenvalue weighted by Crippen LogP contribution is 2.40. The molecule has 6 heteroatoms. The van der Waals surface area contributed by atoms with Crippen molar-refractivity contribution in [2.45, 2.75) is 6.92 Å². The quantitative estimate of drug-likeness (QED) is 0.555. The van der Waals surface area contributed by atoms with Crippen LogP contribution in [0.4, 0.5) is 0 Å². The molecule has 0 aromatic heterocycles. The number of hydrogen-bond donors (Lipinski definition) is 0. The van der Waals surface area contributed by atoms with Crippen LogP contribution in [0.2, 0.25) is 10.0 Å². The highest BCUT2D eigenvalue weighted by Gasteiger charge is 2.18. The second-order valence-corrected chi connectivity index (χ2v) is 5.81. The van der Waals surface area contributed by atoms with Crippen LogP contribution in [0.5, 0.6) is 17.2 Å². The maximum absolute atomic E-state index is 9.54. The number of fused-ring (bicyclic) bond motifs is 1. The van der Waals surface area contributed by atoms with Crippen molar-refractivity contribution in [3.8, 4) is 23.3 Å². The molecule has 2 aromatic rings. The molecule has 24 heavy (non-hydrogen) atoms. The molecule has 0 bridgehead atoms. The Morgan fingerprint density at radius 1 is 1.25 bits per heavy atom. The minimum Gasteiger partial charge on any atom is -0.493 e. The van der Waals surface area contributed by atoms with E-state index in [4.69, 9.17) is 37.4 Å². The topological polar surface area (TPSA) is 51.5 Å². The Balaban J connectivity index is 2.09. The Morgan fingerprint density at radius 3 is 2.67 bits per heavy atom. The van der Waals surface area contributed by atoms with Crippen molar-refractivity contribution in [3.05, 3.63) is 51.5 Å². The fourth-order valence-electron chi connectivity index (χ4n) is 2.37. The number of nitrogens with zero attached hydrogens (tertiary/aromatic N) is 1. The zero-order valence-corrected chi connectivity index (χ0v) is 14.3. The fourth-order valence-corrected chi connectivity index (χ4v) is 2.88. The first kappa shape index (κ1) is 16.5. The van der Waals surface area contributed by atoms with Gasteiger partial charge in [-0.3, -0.25) is 0 Å². The molecule has 0 unspecified atom stereocenters. The summed E-state index contributed by atoms with van der Waals surface area (Å²) < 4.78 is 16.4. The minimum absolute atomic E-state index is 0.169. The molecule has 0 N–H and O–H groups in total. The summed E-state index contributed by atoms with van der Waals surface area (Å²) in [5.74, 6) is 1.85. The molecule has 0 atom stereocenters. The van der Waals surface area contributed by atoms with Crippen LogP contribution < -0.4 is 14.2 Å². The van der Waals surface area contributed by atoms with Crippen LogP contribution in [0.15, 0.2) is 30.3 Å². The van der Waals surface area contributed by atoms with E-state index < -0.39 is 0 Å². The highest BCUT2D eigenvalue weighted by molar-refractivity contribution is 6.36. The largest absolute Gasteiger partial charge is 0.493 e. The lowest BCUT2D eigenvalue weighted by Gasteiger charge is -2.10. The first-order valence-electron chi connectivity index (χ1n) is 7.26. The molecule has 0 amide bonds. The summed E-state index contributed by atoms with van der Waals surface area (Å²) in [4.78, 5) is 0. The van der Waals surface area contributed by atoms with Crippen molar-refractivity contribution in [1.82, 2.24) is 0 Å². The molecule has 4 nitrogen and oxygen atoms in total. The molecule has 0 radical (unpaired) electrons. The van der Waals surface area contributed by atoms with E-state index in [2.05, 4.69) is 6.07 Å². The summed E-state index contributed by atoms with van der Waals surface area (Å²) in [5.41, 5.74) is 1.71. The lowest BCUT2D eigenvalue weighted by atomic mass is 10.0. The Hall–Kier alpha value is -2.35. The molecular weight excluding hydrogens is 349 g/mol. The Labute approximate surface area is 149 Å². The van der Waals surface area contributed by atoms with E-state index in [1.54, 1.807) is 36.4 Å². The molecular formula is C18H13Cl2NO3. The van der Waals surface area contributed by atoms with Crippen LogP contribution in [0.3, 0.4) is 0 Å². The molecule has 1 heterocycles. The second-order valence-electron chi connectivity index (χ2n) is 4.97. The molecule has 2 aromatic carbocycles. The summed E-state index contributed by atoms with van der Waals surface area (Å²) >= 11 is 12.1. The molecule has 122 valence electrons. The van der Waals surface area contributed by atoms with E-state index in [1.165, 1.54) is 0 Å². The third-order valence-corrected chi connectivity index (χ3v) is 3.99. The summed E-state index contributed by atoms with van der Waals surface area (Å²) in [6.07, 6.45) is 1.71. The highest BCUT2D eigenvalue weighted by atomic mass is 35.5. The predicted octanol–water partition coefficient (Wildman–Crippen LogP) is 5.18. The standard InChI is InChI=1S/C18H13Cl2NO3/c1-2-22-16-8-18-17(23-10-24-18)6-11(16)5-12(9-21)14-4-3-13(19)7-15(14)20/h3-8H,2,10H2,1H3/b12-5-. The summed E-state index contributed by atoms with van der Waals surface area (Å²) in [5, 5.41) is 10.5. The van der Waals surface area contributed by atoms with Crippen molar-refractivity contribution >= 4 is 34.9 Å². The van der Waals surface area contributed by atoms with Gasteiger partial charge < -0.3 is 14.2 Å². The number of halogens is 2. The number of rotatable bonds is 4. The van der Waals surface area contributed by atoms with Gasteiger partial charge in [0, 0.05) is 22.2 Å². The smallest absolute Gasteiger partial charge is 0.231 e. The van der Waals surface area contributed by atoms with Gasteiger partial charge in [-0.15, -0.1) is 0 Å². The first-order chi connectivity index (χ1) is 11.6. The monoisotopic (exact) mass is 361 g/mol. The van der Waals surface area contributed by atoms with Gasteiger partial charge in [-0.2, -0.15) is 5.26 Å². The Kier molecular flexibility index (Phi) is 4.84. The van der Waals surface area contributed by atoms with E-state index in [9.17, 15) is 5.26 Å². The van der Waals surface area contributed by atoms with E-state index in [0.717, 1.165) is 0 Å². The van der Waals surface area contributed by atoms with Gasteiger partial charge in [0.25, 0.3) is 0 Å². The van der Waals surface area contributed by atoms with Crippen molar-refractivity contribution < 1.29 is 14.2 Å². The predicted molar refractivity (Wildman–Crippen MR) is 93.7 cm³/mol. The zero-order chi connectivity index (χ0) is 17.1. The number of ether oxygens (including phenoxy) is 3. The number of allylic oxidation sites excluding steroid dienone is 1. The van der Waals surface area contributed by atoms with Crippen molar-refractivity contribution in [1.29, 1.82) is 5.26 Å². The number of benzene rings is 2. The molecule has 0 spiro atoms. The van der Waals surface area contributed by atoms with Crippen LogP contribution in [-0.2, 0) is 0 Å². The lowest BCUT2D eigenvalue weighted by Crippen LogP contribution is -1.95. The van der Waals surface area contributed by atoms with Gasteiger partial charge in [0.2, 0.25) is 6.79 Å². The number of nitriles is 1. The minimum atomic E-state index is 0.169. The Morgan fingerprint density at radius 2 is 2.00 bits per heavy atom. The van der Waals surface area contributed by atoms with Gasteiger partial charge >= 0.3 is 0 Å². The van der Waals surface area contributed by atoms with Gasteiger partial charge in [0.1, 0.15) is 5.75 Å². The van der Waals surface area contributed by atoms with E-state index in [0.29, 0.717) is 50.6 Å². The summed E-state index contributed by atoms with van der Waals surface area (Å²) in [6.45, 7) is 2.55. The zero-order valence-electron chi connectivity index (χ0n) is 12.8. The van der Waals surface area contributed by atoms with Gasteiger partial charge in [-0.05, 0) is 31.2 Å². The van der Waals surface area contributed by atoms with Crippen LogP contribution in [0, 0.1) is 11.3 Å². The van der Waals surface area contributed by atoms with Gasteiger partial charge in [0.05, 0.1) is 23.3 Å². The van der Waals surface area contributed by atoms with Gasteiger partial charge in [-0.25, -0.2) is 0 Å². The van der Waals surface area contributed by atoms with Crippen molar-refractivity contribution in [3.63, 3.8) is 0 Å². The third-order valence-electron chi connectivity index (χ3n) is 3.45. The number of hydrogen-bond acceptors (Lipinski definition) is 4. The van der Waals surface area contributed by atoms with Crippen molar-refractivity contribution in [2.75, 3.05) is 13.4 Å². The van der Waals surface area contributed by atoms with Crippen LogP contribution >= 0.6 is 23.2 Å². The maximum Gasteiger partial charge on any atom is 0.231 e. The van der Waals surface area contributed by atoms with Crippen LogP contribution in [0.25, 0.3) is 11.6 Å². The normalized spacial score (nSPS) is 12.8. The average molecular weight is 362 g/mol. The van der Waals surface area contributed by atoms with Gasteiger partial charge in [-0.1, -0.05) is 29.3 Å². The molecule has 3 rings (SSSR count). The molecule has 1 aliphatic rings. The SMILES string of the molecule is CCOc1cc2c(cc1/C=C(/C#N)c1ccc(Cl)cc1Cl)OCO2. The third kappa shape index (κ3) is 3.28. The molecule has 0 saturated carbocycles. The second kappa shape index (κ2) is 7.04. The molecule has 1 aliphatic heterocycles. The Bertz CT molecular complexity index is 856. The fraction of sp³-hybridized carbons (Fsp3) is 0.167. The summed E-state index contributed by atoms with van der Waals surface area (Å²) in [6, 6.07) is 10.7. The van der Waals surface area contributed by atoms with E-state index >= 15 is 0 Å². The van der Waals surface area contributed by atoms with Crippen molar-refractivity contribution in [2.24, 2.45) is 0 Å². The van der Waals surface area contributed by atoms with Crippen LogP contribution in [0.1, 0.15) is 18.1 Å². The van der Waals surface area contributed by atoms with Gasteiger partial charge in [0.15, 0.2) is 11.5 Å². The maximum atomic E-state index is 9.54. The molecule has 0 fully saturated rings. The first-order valence-corrected chi connectivity index (χ1v) is 8.01. The lowest BCUT2D eigenvalue weighted by molar-refractivity contribution is 0.174. The van der Waals surface area contributed by atoms with E-state index in [1.807, 2.05) is 6.92 Å². The molecule has 0 aliphatic carbocycles.